The average molecular weight is 340 g/mol. The maximum atomic E-state index is 12.6. The van der Waals surface area contributed by atoms with Crippen molar-refractivity contribution < 1.29 is 4.79 Å². The van der Waals surface area contributed by atoms with Crippen molar-refractivity contribution in [3.8, 4) is 0 Å². The molecule has 3 aromatic rings. The van der Waals surface area contributed by atoms with Gasteiger partial charge >= 0.3 is 0 Å². The molecule has 4 rings (SSSR count). The summed E-state index contributed by atoms with van der Waals surface area (Å²) >= 11 is 1.52. The molecule has 0 fully saturated rings. The second-order valence-electron chi connectivity index (χ2n) is 7.21. The standard InChI is InChI=1S/C18H20N4OS/c1-18(2,3)15-11(9-22(4)21-15)16-19-13-10-7-5-6-8-12(10)24-14(13)17(23)20-16/h5-9,16,19H,1-4H3,(H,20,23)/t16-/m1/s1. The van der Waals surface area contributed by atoms with E-state index in [4.69, 9.17) is 0 Å². The molecule has 0 bridgehead atoms. The predicted molar refractivity (Wildman–Crippen MR) is 97.6 cm³/mol. The lowest BCUT2D eigenvalue weighted by Crippen LogP contribution is -2.38. The number of thiophene rings is 1. The molecule has 124 valence electrons. The first-order valence-electron chi connectivity index (χ1n) is 7.97. The Morgan fingerprint density at radius 1 is 1.21 bits per heavy atom. The second-order valence-corrected chi connectivity index (χ2v) is 8.26. The van der Waals surface area contributed by atoms with Crippen LogP contribution in [0.15, 0.2) is 30.5 Å². The van der Waals surface area contributed by atoms with Gasteiger partial charge in [-0.05, 0) is 6.07 Å². The molecule has 2 aromatic heterocycles. The number of anilines is 1. The highest BCUT2D eigenvalue weighted by Crippen LogP contribution is 2.40. The maximum absolute atomic E-state index is 12.6. The molecule has 5 nitrogen and oxygen atoms in total. The van der Waals surface area contributed by atoms with Crippen molar-refractivity contribution in [1.29, 1.82) is 0 Å². The van der Waals surface area contributed by atoms with E-state index in [1.165, 1.54) is 11.3 Å². The van der Waals surface area contributed by atoms with Crippen LogP contribution < -0.4 is 10.6 Å². The number of benzene rings is 1. The van der Waals surface area contributed by atoms with E-state index in [0.29, 0.717) is 0 Å². The Bertz CT molecular complexity index is 948. The van der Waals surface area contributed by atoms with E-state index in [9.17, 15) is 4.79 Å². The van der Waals surface area contributed by atoms with Gasteiger partial charge in [0.25, 0.3) is 5.91 Å². The van der Waals surface area contributed by atoms with Gasteiger partial charge in [-0.15, -0.1) is 11.3 Å². The molecule has 6 heteroatoms. The molecule has 1 atom stereocenters. The molecule has 1 aromatic carbocycles. The summed E-state index contributed by atoms with van der Waals surface area (Å²) in [7, 11) is 1.91. The quantitative estimate of drug-likeness (QED) is 0.709. The van der Waals surface area contributed by atoms with E-state index >= 15 is 0 Å². The van der Waals surface area contributed by atoms with Crippen LogP contribution in [0.3, 0.4) is 0 Å². The van der Waals surface area contributed by atoms with E-state index in [1.54, 1.807) is 0 Å². The lowest BCUT2D eigenvalue weighted by atomic mass is 9.88. The number of nitrogens with zero attached hydrogens (tertiary/aromatic N) is 2. The number of carbonyl (C=O) groups is 1. The third kappa shape index (κ3) is 2.29. The minimum Gasteiger partial charge on any atom is -0.360 e. The van der Waals surface area contributed by atoms with Gasteiger partial charge in [0.1, 0.15) is 11.0 Å². The second kappa shape index (κ2) is 5.08. The fourth-order valence-corrected chi connectivity index (χ4v) is 4.25. The van der Waals surface area contributed by atoms with Crippen LogP contribution in [0, 0.1) is 0 Å². The zero-order valence-corrected chi connectivity index (χ0v) is 15.0. The zero-order valence-electron chi connectivity index (χ0n) is 14.2. The summed E-state index contributed by atoms with van der Waals surface area (Å²) in [5.74, 6) is -0.0290. The smallest absolute Gasteiger partial charge is 0.265 e. The van der Waals surface area contributed by atoms with Crippen LogP contribution in [0.1, 0.15) is 47.9 Å². The SMILES string of the molecule is Cn1cc([C@H]2NC(=O)c3sc4ccccc4c3N2)c(C(C)(C)C)n1. The summed E-state index contributed by atoms with van der Waals surface area (Å²) in [5, 5.41) is 12.3. The van der Waals surface area contributed by atoms with Crippen LogP contribution in [0.2, 0.25) is 0 Å². The monoisotopic (exact) mass is 340 g/mol. The van der Waals surface area contributed by atoms with Crippen molar-refractivity contribution in [2.24, 2.45) is 7.05 Å². The Morgan fingerprint density at radius 2 is 1.96 bits per heavy atom. The number of nitrogens with one attached hydrogen (secondary N) is 2. The van der Waals surface area contributed by atoms with Crippen molar-refractivity contribution in [2.45, 2.75) is 32.4 Å². The Labute approximate surface area is 144 Å². The number of aryl methyl sites for hydroxylation is 1. The van der Waals surface area contributed by atoms with Crippen LogP contribution in [-0.4, -0.2) is 15.7 Å². The Balaban J connectivity index is 1.82. The van der Waals surface area contributed by atoms with E-state index < -0.39 is 0 Å². The summed E-state index contributed by atoms with van der Waals surface area (Å²) in [6.45, 7) is 6.40. The fraction of sp³-hybridized carbons (Fsp3) is 0.333. The van der Waals surface area contributed by atoms with Gasteiger partial charge in [-0.1, -0.05) is 39.0 Å². The average Bonchev–Trinajstić information content (AvgIpc) is 3.08. The lowest BCUT2D eigenvalue weighted by Gasteiger charge is -2.28. The first-order chi connectivity index (χ1) is 11.3. The van der Waals surface area contributed by atoms with Gasteiger partial charge in [0.15, 0.2) is 0 Å². The minimum atomic E-state index is -0.272. The van der Waals surface area contributed by atoms with Crippen molar-refractivity contribution >= 4 is 33.0 Å². The molecular weight excluding hydrogens is 320 g/mol. The third-order valence-corrected chi connectivity index (χ3v) is 5.41. The van der Waals surface area contributed by atoms with E-state index in [-0.39, 0.29) is 17.5 Å². The van der Waals surface area contributed by atoms with Crippen molar-refractivity contribution in [1.82, 2.24) is 15.1 Å². The lowest BCUT2D eigenvalue weighted by molar-refractivity contribution is 0.0940. The molecule has 0 aliphatic carbocycles. The third-order valence-electron chi connectivity index (χ3n) is 4.24. The molecule has 0 saturated heterocycles. The van der Waals surface area contributed by atoms with Gasteiger partial charge < -0.3 is 10.6 Å². The van der Waals surface area contributed by atoms with E-state index in [0.717, 1.165) is 31.9 Å². The highest BCUT2D eigenvalue weighted by atomic mass is 32.1. The summed E-state index contributed by atoms with van der Waals surface area (Å²) in [5.41, 5.74) is 2.83. The van der Waals surface area contributed by atoms with Gasteiger partial charge in [-0.3, -0.25) is 9.48 Å². The first-order valence-corrected chi connectivity index (χ1v) is 8.79. The Hall–Kier alpha value is -2.34. The molecule has 1 amide bonds. The Morgan fingerprint density at radius 3 is 2.71 bits per heavy atom. The number of hydrogen-bond acceptors (Lipinski definition) is 4. The van der Waals surface area contributed by atoms with Crippen molar-refractivity contribution in [2.75, 3.05) is 5.32 Å². The largest absolute Gasteiger partial charge is 0.360 e. The maximum Gasteiger partial charge on any atom is 0.265 e. The van der Waals surface area contributed by atoms with Crippen LogP contribution in [0.5, 0.6) is 0 Å². The number of hydrogen-bond donors (Lipinski definition) is 2. The fourth-order valence-electron chi connectivity index (χ4n) is 3.18. The Kier molecular flexibility index (Phi) is 3.22. The molecule has 2 N–H and O–H groups in total. The molecular formula is C18H20N4OS. The van der Waals surface area contributed by atoms with Crippen LogP contribution >= 0.6 is 11.3 Å². The zero-order chi connectivity index (χ0) is 17.1. The summed E-state index contributed by atoms with van der Waals surface area (Å²) in [6.07, 6.45) is 1.71. The molecule has 0 spiro atoms. The first kappa shape index (κ1) is 15.2. The van der Waals surface area contributed by atoms with Gasteiger partial charge in [0, 0.05) is 34.3 Å². The van der Waals surface area contributed by atoms with Crippen molar-refractivity contribution in [3.63, 3.8) is 0 Å². The molecule has 3 heterocycles. The normalized spacial score (nSPS) is 17.5. The van der Waals surface area contributed by atoms with Gasteiger partial charge in [-0.25, -0.2) is 0 Å². The number of carbonyl (C=O) groups excluding carboxylic acids is 1. The number of aromatic nitrogens is 2. The van der Waals surface area contributed by atoms with Gasteiger partial charge in [-0.2, -0.15) is 5.10 Å². The minimum absolute atomic E-state index is 0.0290. The van der Waals surface area contributed by atoms with Crippen LogP contribution in [0.25, 0.3) is 10.1 Å². The highest BCUT2D eigenvalue weighted by Gasteiger charge is 2.33. The molecule has 1 aliphatic rings. The van der Waals surface area contributed by atoms with Crippen LogP contribution in [0.4, 0.5) is 5.69 Å². The number of rotatable bonds is 1. The van der Waals surface area contributed by atoms with E-state index in [1.807, 2.05) is 36.1 Å². The number of amides is 1. The molecule has 0 saturated carbocycles. The highest BCUT2D eigenvalue weighted by molar-refractivity contribution is 7.21. The summed E-state index contributed by atoms with van der Waals surface area (Å²) in [6, 6.07) is 8.11. The van der Waals surface area contributed by atoms with Gasteiger partial charge in [0.2, 0.25) is 0 Å². The topological polar surface area (TPSA) is 59.0 Å². The van der Waals surface area contributed by atoms with E-state index in [2.05, 4.69) is 42.6 Å². The van der Waals surface area contributed by atoms with Crippen LogP contribution in [-0.2, 0) is 12.5 Å². The van der Waals surface area contributed by atoms with Gasteiger partial charge in [0.05, 0.1) is 11.4 Å². The summed E-state index contributed by atoms with van der Waals surface area (Å²) < 4.78 is 2.93. The van der Waals surface area contributed by atoms with Crippen molar-refractivity contribution in [3.05, 3.63) is 46.6 Å². The molecule has 0 unspecified atom stereocenters. The molecule has 0 radical (unpaired) electrons. The number of fused-ring (bicyclic) bond motifs is 3. The summed E-state index contributed by atoms with van der Waals surface area (Å²) in [4.78, 5) is 13.4. The molecule has 1 aliphatic heterocycles. The predicted octanol–water partition coefficient (Wildman–Crippen LogP) is 3.79. The molecule has 24 heavy (non-hydrogen) atoms.